The summed E-state index contributed by atoms with van der Waals surface area (Å²) in [6.07, 6.45) is 33.9. The van der Waals surface area contributed by atoms with E-state index >= 15 is 0 Å². The first kappa shape index (κ1) is 79.3. The number of rotatable bonds is 40. The summed E-state index contributed by atoms with van der Waals surface area (Å²) >= 11 is 3.13. The van der Waals surface area contributed by atoms with Gasteiger partial charge in [-0.15, -0.1) is 0 Å². The molecule has 0 fully saturated rings. The molecule has 4 aromatic rings. The van der Waals surface area contributed by atoms with Crippen LogP contribution in [0.3, 0.4) is 0 Å². The van der Waals surface area contributed by atoms with E-state index in [4.69, 9.17) is 33.1 Å². The van der Waals surface area contributed by atoms with Crippen LogP contribution in [-0.4, -0.2) is 93.4 Å². The Balaban J connectivity index is 0.000000534. The van der Waals surface area contributed by atoms with Crippen LogP contribution in [0.1, 0.15) is 247 Å². The molecule has 0 spiro atoms. The second kappa shape index (κ2) is 46.4. The molecule has 460 valence electrons. The fourth-order valence-corrected chi connectivity index (χ4v) is 89.7. The molecule has 0 saturated heterocycles. The number of alkyl halides is 3. The number of aryl methyl sites for hydroxylation is 1. The van der Waals surface area contributed by atoms with Gasteiger partial charge < -0.3 is 0 Å². The van der Waals surface area contributed by atoms with Crippen LogP contribution < -0.4 is 12.1 Å². The Kier molecular flexibility index (Phi) is 46.0. The van der Waals surface area contributed by atoms with Crippen molar-refractivity contribution in [1.82, 2.24) is 19.9 Å². The molecule has 0 atom stereocenters. The summed E-state index contributed by atoms with van der Waals surface area (Å²) in [4.78, 5) is 23.1. The summed E-state index contributed by atoms with van der Waals surface area (Å²) in [6, 6.07) is 0. The number of nitrogens with zero attached hydrogens (tertiary/aromatic N) is 5. The summed E-state index contributed by atoms with van der Waals surface area (Å²) in [5.74, 6) is 0. The quantitative estimate of drug-likeness (QED) is 0.0329. The third-order valence-electron chi connectivity index (χ3n) is 16.4. The minimum atomic E-state index is -4.24. The zero-order valence-corrected chi connectivity index (χ0v) is 68.6. The number of aromatic nitrogens is 4. The third-order valence-corrected chi connectivity index (χ3v) is 91.5. The number of hydrogen-bond donors (Lipinski definition) is 0. The standard InChI is InChI=1S/C4HF3NS.C4HN2S.C4H4NS.12C4H9.C3HClNS.4Sn/c5-4(6,7)3-1-8-2-9-3;1-5-4-2-6-3-7-4;1-4-2-5-3-6-4;12*1-3-4-2;4-3-1-5-2-6-3;;;;/h1H;2H;2H,1H3;12*1,3-4H2,2H3;1H;;;;. The van der Waals surface area contributed by atoms with E-state index in [9.17, 15) is 13.2 Å². The Morgan fingerprint density at radius 3 is 0.850 bits per heavy atom. The van der Waals surface area contributed by atoms with Gasteiger partial charge >= 0.3 is 534 Å². The van der Waals surface area contributed by atoms with E-state index in [1.54, 1.807) is 25.7 Å². The van der Waals surface area contributed by atoms with Crippen LogP contribution in [0.25, 0.3) is 4.85 Å². The molecular formula is C63H115ClF3N5S4Sn4. The van der Waals surface area contributed by atoms with Crippen molar-refractivity contribution >= 4 is 148 Å². The molecule has 80 heavy (non-hydrogen) atoms. The van der Waals surface area contributed by atoms with Crippen molar-refractivity contribution in [2.75, 3.05) is 0 Å². The van der Waals surface area contributed by atoms with Crippen LogP contribution in [0.4, 0.5) is 18.2 Å². The summed E-state index contributed by atoms with van der Waals surface area (Å²) in [6.45, 7) is 36.7. The predicted molar refractivity (Wildman–Crippen MR) is 368 cm³/mol. The van der Waals surface area contributed by atoms with Crippen molar-refractivity contribution < 1.29 is 13.2 Å². The van der Waals surface area contributed by atoms with Gasteiger partial charge in [-0.25, -0.2) is 0 Å². The van der Waals surface area contributed by atoms with E-state index in [-0.39, 0.29) is 0 Å². The average Bonchev–Trinajstić information content (AvgIpc) is 4.34. The maximum absolute atomic E-state index is 12.9. The van der Waals surface area contributed by atoms with Gasteiger partial charge in [0.25, 0.3) is 0 Å². The van der Waals surface area contributed by atoms with Crippen LogP contribution in [0.2, 0.25) is 57.6 Å². The monoisotopic (exact) mass is 1640 g/mol. The zero-order valence-electron chi connectivity index (χ0n) is 53.1. The van der Waals surface area contributed by atoms with Crippen LogP contribution in [-0.2, 0) is 6.18 Å². The van der Waals surface area contributed by atoms with Crippen LogP contribution in [0.5, 0.6) is 0 Å². The molecule has 0 aromatic carbocycles. The molecule has 4 heterocycles. The molecule has 0 aliphatic heterocycles. The van der Waals surface area contributed by atoms with Crippen LogP contribution in [0.15, 0.2) is 24.8 Å². The van der Waals surface area contributed by atoms with Gasteiger partial charge in [-0.2, -0.15) is 0 Å². The molecule has 0 bridgehead atoms. The molecule has 0 amide bonds. The number of halogens is 4. The fourth-order valence-electron chi connectivity index (χ4n) is 11.3. The molecule has 4 aromatic heterocycles. The van der Waals surface area contributed by atoms with Gasteiger partial charge in [-0.3, -0.25) is 0 Å². The van der Waals surface area contributed by atoms with E-state index in [1.807, 2.05) is 23.7 Å². The fraction of sp³-hybridized carbons (Fsp3) is 0.794. The van der Waals surface area contributed by atoms with Gasteiger partial charge in [0.2, 0.25) is 0 Å². The van der Waals surface area contributed by atoms with Crippen molar-refractivity contribution in [3.8, 4) is 0 Å². The first-order valence-electron chi connectivity index (χ1n) is 32.4. The zero-order chi connectivity index (χ0) is 59.8. The van der Waals surface area contributed by atoms with Crippen molar-refractivity contribution in [3.05, 3.63) is 50.3 Å². The minimum absolute atomic E-state index is 0.506. The summed E-state index contributed by atoms with van der Waals surface area (Å²) < 4.78 is 62.0. The van der Waals surface area contributed by atoms with E-state index in [0.717, 1.165) is 81.7 Å². The Labute approximate surface area is 528 Å². The number of hydrogen-bond acceptors (Lipinski definition) is 8. The molecule has 0 aliphatic carbocycles. The first-order valence-corrected chi connectivity index (χ1v) is 66.0. The second-order valence-electron chi connectivity index (χ2n) is 23.3. The predicted octanol–water partition coefficient (Wildman–Crippen LogP) is 23.3. The second-order valence-corrected chi connectivity index (χ2v) is 84.1. The molecule has 0 N–H and O–H groups in total. The van der Waals surface area contributed by atoms with Crippen molar-refractivity contribution in [2.45, 2.75) is 304 Å². The van der Waals surface area contributed by atoms with Gasteiger partial charge in [0, 0.05) is 0 Å². The molecule has 17 heteroatoms. The van der Waals surface area contributed by atoms with E-state index in [1.165, 1.54) is 166 Å². The first-order chi connectivity index (χ1) is 38.5. The molecular weight excluding hydrogens is 1520 g/mol. The summed E-state index contributed by atoms with van der Waals surface area (Å²) in [5, 5.41) is 0.797. The topological polar surface area (TPSA) is 55.9 Å². The van der Waals surface area contributed by atoms with E-state index in [0.29, 0.717) is 0 Å². The molecule has 0 radical (unpaired) electrons. The van der Waals surface area contributed by atoms with Crippen molar-refractivity contribution in [1.29, 1.82) is 0 Å². The van der Waals surface area contributed by atoms with E-state index in [2.05, 4.69) is 106 Å². The normalized spacial score (nSPS) is 12.1. The number of thiazole rings is 4. The van der Waals surface area contributed by atoms with Crippen molar-refractivity contribution in [2.24, 2.45) is 0 Å². The Morgan fingerprint density at radius 1 is 0.388 bits per heavy atom. The van der Waals surface area contributed by atoms with Gasteiger partial charge in [0.05, 0.1) is 0 Å². The average molecular weight is 1640 g/mol. The summed E-state index contributed by atoms with van der Waals surface area (Å²) in [5.41, 5.74) is 0. The molecule has 0 unspecified atom stereocenters. The molecule has 0 saturated carbocycles. The molecule has 4 rings (SSSR count). The van der Waals surface area contributed by atoms with Gasteiger partial charge in [0.15, 0.2) is 0 Å². The number of unbranched alkanes of at least 4 members (excludes halogenated alkanes) is 12. The Morgan fingerprint density at radius 2 is 0.637 bits per heavy atom. The van der Waals surface area contributed by atoms with Gasteiger partial charge in [0.1, 0.15) is 0 Å². The summed E-state index contributed by atoms with van der Waals surface area (Å²) in [7, 11) is 0. The molecule has 0 aliphatic rings. The Hall–Kier alpha value is 1.28. The maximum atomic E-state index is 12.9. The van der Waals surface area contributed by atoms with Gasteiger partial charge in [-0.1, -0.05) is 0 Å². The van der Waals surface area contributed by atoms with E-state index < -0.39 is 84.6 Å². The van der Waals surface area contributed by atoms with Gasteiger partial charge in [-0.05, 0) is 0 Å². The molecule has 5 nitrogen and oxygen atoms in total. The SMILES string of the molecule is CCC[CH2][Sn]([CH2]CCC)([CH2]CCC)[c]1ncc(C(F)(F)F)s1.CCC[CH2][Sn]([CH2]CCC)([CH2]CCC)[c]1ncc(C)s1.CCC[CH2][Sn]([CH2]CCC)([CH2]CCC)[c]1ncc(Cl)s1.[C-]#[N+]c1cn[c]([Sn]([CH2]CCC)([CH2]CCC)[CH2]CCC)s1. The Bertz CT molecular complexity index is 2000. The van der Waals surface area contributed by atoms with Crippen LogP contribution >= 0.6 is 56.9 Å². The third kappa shape index (κ3) is 29.1. The van der Waals surface area contributed by atoms with Crippen molar-refractivity contribution in [3.63, 3.8) is 0 Å². The van der Waals surface area contributed by atoms with Crippen LogP contribution in [0, 0.1) is 13.5 Å².